The SMILES string of the molecule is COC(=O)C1=CN(Cc2ccc(C(=N)N)cc2)C(c2c[nH]c3ccccc23)C(=O)N1. The number of amides is 1. The van der Waals surface area contributed by atoms with Crippen molar-refractivity contribution in [2.24, 2.45) is 5.73 Å². The van der Waals surface area contributed by atoms with Crippen molar-refractivity contribution in [3.05, 3.63) is 83.3 Å². The monoisotopic (exact) mass is 403 g/mol. The number of fused-ring (bicyclic) bond motifs is 1. The zero-order valence-electron chi connectivity index (χ0n) is 16.3. The molecule has 0 aliphatic carbocycles. The van der Waals surface area contributed by atoms with Gasteiger partial charge in [-0.25, -0.2) is 4.79 Å². The predicted octanol–water partition coefficient (Wildman–Crippen LogP) is 2.14. The van der Waals surface area contributed by atoms with E-state index in [2.05, 4.69) is 10.3 Å². The Balaban J connectivity index is 1.75. The third kappa shape index (κ3) is 3.50. The number of hydrogen-bond acceptors (Lipinski definition) is 5. The van der Waals surface area contributed by atoms with Gasteiger partial charge in [0.2, 0.25) is 0 Å². The van der Waals surface area contributed by atoms with Crippen molar-refractivity contribution in [1.82, 2.24) is 15.2 Å². The lowest BCUT2D eigenvalue weighted by molar-refractivity contribution is -0.139. The number of methoxy groups -OCH3 is 1. The van der Waals surface area contributed by atoms with Crippen LogP contribution in [0.2, 0.25) is 0 Å². The van der Waals surface area contributed by atoms with Crippen LogP contribution in [0.15, 0.2) is 66.6 Å². The van der Waals surface area contributed by atoms with Gasteiger partial charge in [0.25, 0.3) is 5.91 Å². The molecule has 1 unspecified atom stereocenters. The third-order valence-corrected chi connectivity index (χ3v) is 5.08. The number of aromatic amines is 1. The van der Waals surface area contributed by atoms with Gasteiger partial charge in [0, 0.05) is 41.0 Å². The lowest BCUT2D eigenvalue weighted by Gasteiger charge is -2.34. The number of benzene rings is 2. The molecule has 4 rings (SSSR count). The minimum absolute atomic E-state index is 0.0107. The van der Waals surface area contributed by atoms with Crippen molar-refractivity contribution in [1.29, 1.82) is 5.41 Å². The van der Waals surface area contributed by atoms with Crippen LogP contribution < -0.4 is 11.1 Å². The smallest absolute Gasteiger partial charge is 0.356 e. The zero-order chi connectivity index (χ0) is 21.3. The van der Waals surface area contributed by atoms with E-state index in [9.17, 15) is 9.59 Å². The molecule has 1 aliphatic rings. The van der Waals surface area contributed by atoms with Gasteiger partial charge in [-0.05, 0) is 11.6 Å². The fourth-order valence-corrected chi connectivity index (χ4v) is 3.62. The Labute approximate surface area is 172 Å². The van der Waals surface area contributed by atoms with E-state index in [1.165, 1.54) is 7.11 Å². The molecular formula is C22H21N5O3. The first-order chi connectivity index (χ1) is 14.5. The molecule has 3 aromatic rings. The van der Waals surface area contributed by atoms with Gasteiger partial charge in [-0.15, -0.1) is 0 Å². The highest BCUT2D eigenvalue weighted by molar-refractivity contribution is 5.99. The topological polar surface area (TPSA) is 124 Å². The van der Waals surface area contributed by atoms with Crippen LogP contribution in [0.3, 0.4) is 0 Å². The van der Waals surface area contributed by atoms with Gasteiger partial charge in [-0.2, -0.15) is 0 Å². The van der Waals surface area contributed by atoms with Crippen molar-refractivity contribution in [2.75, 3.05) is 7.11 Å². The zero-order valence-corrected chi connectivity index (χ0v) is 16.3. The van der Waals surface area contributed by atoms with Crippen LogP contribution in [0.25, 0.3) is 10.9 Å². The van der Waals surface area contributed by atoms with Crippen molar-refractivity contribution in [3.8, 4) is 0 Å². The molecule has 1 aromatic heterocycles. The van der Waals surface area contributed by atoms with E-state index >= 15 is 0 Å². The second kappa shape index (κ2) is 7.75. The van der Waals surface area contributed by atoms with Gasteiger partial charge >= 0.3 is 5.97 Å². The number of hydrogen-bond donors (Lipinski definition) is 4. The molecule has 2 heterocycles. The summed E-state index contributed by atoms with van der Waals surface area (Å²) in [5.74, 6) is -0.941. The van der Waals surface area contributed by atoms with E-state index < -0.39 is 12.0 Å². The highest BCUT2D eigenvalue weighted by Crippen LogP contribution is 2.32. The van der Waals surface area contributed by atoms with Crippen LogP contribution in [0.4, 0.5) is 0 Å². The molecule has 0 spiro atoms. The quantitative estimate of drug-likeness (QED) is 0.295. The van der Waals surface area contributed by atoms with Crippen molar-refractivity contribution >= 4 is 28.6 Å². The minimum atomic E-state index is -0.637. The number of H-pyrrole nitrogens is 1. The summed E-state index contributed by atoms with van der Waals surface area (Å²) >= 11 is 0. The normalized spacial score (nSPS) is 16.2. The lowest BCUT2D eigenvalue weighted by atomic mass is 10.0. The van der Waals surface area contributed by atoms with E-state index in [0.717, 1.165) is 22.0 Å². The Morgan fingerprint density at radius 3 is 2.63 bits per heavy atom. The number of nitrogen functional groups attached to an aromatic ring is 1. The Bertz CT molecular complexity index is 1160. The molecule has 152 valence electrons. The second-order valence-electron chi connectivity index (χ2n) is 7.00. The molecule has 30 heavy (non-hydrogen) atoms. The maximum Gasteiger partial charge on any atom is 0.356 e. The molecule has 8 nitrogen and oxygen atoms in total. The summed E-state index contributed by atoms with van der Waals surface area (Å²) in [4.78, 5) is 30.1. The van der Waals surface area contributed by atoms with Gasteiger partial charge in [0.1, 0.15) is 17.6 Å². The summed E-state index contributed by atoms with van der Waals surface area (Å²) in [7, 11) is 1.27. The fourth-order valence-electron chi connectivity index (χ4n) is 3.62. The molecule has 1 atom stereocenters. The summed E-state index contributed by atoms with van der Waals surface area (Å²) in [5.41, 5.74) is 8.87. The Morgan fingerprint density at radius 2 is 1.93 bits per heavy atom. The Hall–Kier alpha value is -4.07. The average Bonchev–Trinajstić information content (AvgIpc) is 3.17. The summed E-state index contributed by atoms with van der Waals surface area (Å²) in [6, 6.07) is 14.3. The van der Waals surface area contributed by atoms with Gasteiger partial charge in [0.05, 0.1) is 7.11 Å². The number of nitrogens with zero attached hydrogens (tertiary/aromatic N) is 1. The second-order valence-corrected chi connectivity index (χ2v) is 7.00. The number of aromatic nitrogens is 1. The average molecular weight is 403 g/mol. The standard InChI is InChI=1S/C22H21N5O3/c1-30-22(29)18-12-27(11-13-6-8-14(9-7-13)20(23)24)19(21(28)26-18)16-10-25-17-5-3-2-4-15(16)17/h2-10,12,19,25H,11H2,1H3,(H3,23,24)(H,26,28). The maximum atomic E-state index is 13.1. The van der Waals surface area contributed by atoms with E-state index in [-0.39, 0.29) is 17.4 Å². The first-order valence-electron chi connectivity index (χ1n) is 9.34. The number of rotatable bonds is 5. The maximum absolute atomic E-state index is 13.1. The van der Waals surface area contributed by atoms with Gasteiger partial charge in [-0.3, -0.25) is 10.2 Å². The molecule has 0 radical (unpaired) electrons. The number of para-hydroxylation sites is 1. The van der Waals surface area contributed by atoms with Crippen molar-refractivity contribution in [3.63, 3.8) is 0 Å². The minimum Gasteiger partial charge on any atom is -0.464 e. The van der Waals surface area contributed by atoms with Gasteiger partial charge in [-0.1, -0.05) is 42.5 Å². The molecule has 0 saturated carbocycles. The largest absolute Gasteiger partial charge is 0.464 e. The molecule has 1 aliphatic heterocycles. The molecular weight excluding hydrogens is 382 g/mol. The highest BCUT2D eigenvalue weighted by atomic mass is 16.5. The molecule has 2 aromatic carbocycles. The number of nitrogens with one attached hydrogen (secondary N) is 3. The Morgan fingerprint density at radius 1 is 1.20 bits per heavy atom. The van der Waals surface area contributed by atoms with Crippen LogP contribution in [0.5, 0.6) is 0 Å². The molecule has 1 amide bonds. The summed E-state index contributed by atoms with van der Waals surface area (Å²) < 4.78 is 4.78. The number of esters is 1. The summed E-state index contributed by atoms with van der Waals surface area (Å²) in [6.45, 7) is 0.371. The first kappa shape index (κ1) is 19.3. The first-order valence-corrected chi connectivity index (χ1v) is 9.34. The van der Waals surface area contributed by atoms with E-state index in [1.807, 2.05) is 47.5 Å². The summed E-state index contributed by atoms with van der Waals surface area (Å²) in [6.07, 6.45) is 3.43. The lowest BCUT2D eigenvalue weighted by Crippen LogP contribution is -2.44. The van der Waals surface area contributed by atoms with Crippen LogP contribution in [-0.2, 0) is 20.9 Å². The predicted molar refractivity (Wildman–Crippen MR) is 112 cm³/mol. The number of carbonyl (C=O) groups excluding carboxylic acids is 2. The van der Waals surface area contributed by atoms with E-state index in [1.54, 1.807) is 18.3 Å². The van der Waals surface area contributed by atoms with Crippen LogP contribution in [-0.4, -0.2) is 34.7 Å². The highest BCUT2D eigenvalue weighted by Gasteiger charge is 2.34. The van der Waals surface area contributed by atoms with Crippen molar-refractivity contribution in [2.45, 2.75) is 12.6 Å². The van der Waals surface area contributed by atoms with E-state index in [0.29, 0.717) is 12.1 Å². The summed E-state index contributed by atoms with van der Waals surface area (Å²) in [5, 5.41) is 11.1. The Kier molecular flexibility index (Phi) is 4.97. The van der Waals surface area contributed by atoms with Gasteiger partial charge in [0.15, 0.2) is 0 Å². The number of ether oxygens (including phenoxy) is 1. The van der Waals surface area contributed by atoms with Crippen molar-refractivity contribution < 1.29 is 14.3 Å². The third-order valence-electron chi connectivity index (χ3n) is 5.08. The van der Waals surface area contributed by atoms with Crippen LogP contribution in [0, 0.1) is 5.41 Å². The number of carbonyl (C=O) groups is 2. The molecule has 0 saturated heterocycles. The number of amidine groups is 1. The molecule has 0 fully saturated rings. The molecule has 5 N–H and O–H groups in total. The van der Waals surface area contributed by atoms with Crippen LogP contribution in [0.1, 0.15) is 22.7 Å². The van der Waals surface area contributed by atoms with Gasteiger partial charge < -0.3 is 25.7 Å². The van der Waals surface area contributed by atoms with Crippen LogP contribution >= 0.6 is 0 Å². The molecule has 0 bridgehead atoms. The van der Waals surface area contributed by atoms with E-state index in [4.69, 9.17) is 15.9 Å². The molecule has 8 heteroatoms. The fraction of sp³-hybridized carbons (Fsp3) is 0.136. The number of nitrogens with two attached hydrogens (primary N) is 1.